The molecule has 176 valence electrons. The standard InChI is InChI=1S/C20H20F3N5O4S/c1-11-4-5-13(33(31,32)27-6-2-3-12(9-27)19(29)30)7-14(11)15-8-25-18-17(24)26-16(10-28(15)18)20(21,22)23/h4-5,7-8,10,12H,2-3,6,9H2,1H3,(H2,24,26)(H,29,30). The number of aliphatic carboxylic acids is 1. The van der Waals surface area contributed by atoms with Crippen LogP contribution in [0.1, 0.15) is 24.1 Å². The zero-order valence-corrected chi connectivity index (χ0v) is 18.2. The number of rotatable bonds is 4. The van der Waals surface area contributed by atoms with Crippen molar-refractivity contribution in [3.05, 3.63) is 41.9 Å². The molecule has 3 N–H and O–H groups in total. The van der Waals surface area contributed by atoms with E-state index in [1.807, 2.05) is 0 Å². The van der Waals surface area contributed by atoms with Crippen LogP contribution in [0.3, 0.4) is 0 Å². The number of carboxylic acids is 1. The van der Waals surface area contributed by atoms with Crippen molar-refractivity contribution >= 4 is 27.5 Å². The van der Waals surface area contributed by atoms with Gasteiger partial charge in [-0.15, -0.1) is 0 Å². The van der Waals surface area contributed by atoms with E-state index in [0.29, 0.717) is 24.0 Å². The molecule has 0 amide bonds. The Morgan fingerprint density at radius 1 is 1.30 bits per heavy atom. The number of nitrogens with two attached hydrogens (primary N) is 1. The highest BCUT2D eigenvalue weighted by Crippen LogP contribution is 2.33. The SMILES string of the molecule is Cc1ccc(S(=O)(=O)N2CCCC(C(=O)O)C2)cc1-c1cnc2c(N)nc(C(F)(F)F)cn12. The van der Waals surface area contributed by atoms with Gasteiger partial charge in [0.05, 0.1) is 22.7 Å². The van der Waals surface area contributed by atoms with E-state index in [1.54, 1.807) is 6.92 Å². The minimum absolute atomic E-state index is 0.00555. The van der Waals surface area contributed by atoms with Crippen LogP contribution in [0.15, 0.2) is 35.5 Å². The van der Waals surface area contributed by atoms with Crippen molar-refractivity contribution in [3.8, 4) is 11.3 Å². The van der Waals surface area contributed by atoms with Crippen molar-refractivity contribution in [2.24, 2.45) is 5.92 Å². The molecule has 0 aliphatic carbocycles. The van der Waals surface area contributed by atoms with Crippen molar-refractivity contribution < 1.29 is 31.5 Å². The van der Waals surface area contributed by atoms with Gasteiger partial charge in [0.1, 0.15) is 0 Å². The van der Waals surface area contributed by atoms with Gasteiger partial charge in [-0.1, -0.05) is 6.07 Å². The summed E-state index contributed by atoms with van der Waals surface area (Å²) in [5.74, 6) is -2.27. The third-order valence-corrected chi connectivity index (χ3v) is 7.53. The number of hydrogen-bond donors (Lipinski definition) is 2. The molecular weight excluding hydrogens is 463 g/mol. The molecule has 9 nitrogen and oxygen atoms in total. The van der Waals surface area contributed by atoms with Gasteiger partial charge in [0, 0.05) is 24.8 Å². The van der Waals surface area contributed by atoms with Gasteiger partial charge in [0.25, 0.3) is 0 Å². The minimum Gasteiger partial charge on any atom is -0.481 e. The van der Waals surface area contributed by atoms with E-state index in [1.165, 1.54) is 24.4 Å². The molecule has 1 fully saturated rings. The Labute approximate surface area is 186 Å². The Morgan fingerprint density at radius 2 is 2.03 bits per heavy atom. The van der Waals surface area contributed by atoms with Gasteiger partial charge < -0.3 is 10.8 Å². The lowest BCUT2D eigenvalue weighted by Crippen LogP contribution is -2.42. The van der Waals surface area contributed by atoms with Crippen LogP contribution >= 0.6 is 0 Å². The molecule has 1 unspecified atom stereocenters. The van der Waals surface area contributed by atoms with E-state index in [9.17, 15) is 31.5 Å². The Kier molecular flexibility index (Phi) is 5.56. The van der Waals surface area contributed by atoms with E-state index < -0.39 is 39.6 Å². The number of carbonyl (C=O) groups is 1. The minimum atomic E-state index is -4.74. The molecule has 0 spiro atoms. The summed E-state index contributed by atoms with van der Waals surface area (Å²) in [4.78, 5) is 18.7. The number of aryl methyl sites for hydroxylation is 1. The summed E-state index contributed by atoms with van der Waals surface area (Å²) < 4.78 is 68.5. The Bertz CT molecular complexity index is 1350. The number of carboxylic acid groups (broad SMARTS) is 1. The Hall–Kier alpha value is -3.19. The van der Waals surface area contributed by atoms with Crippen molar-refractivity contribution in [1.29, 1.82) is 0 Å². The zero-order valence-electron chi connectivity index (χ0n) is 17.4. The first kappa shape index (κ1) is 23.0. The van der Waals surface area contributed by atoms with Gasteiger partial charge in [-0.25, -0.2) is 18.4 Å². The van der Waals surface area contributed by atoms with E-state index in [0.717, 1.165) is 14.9 Å². The predicted molar refractivity (Wildman–Crippen MR) is 112 cm³/mol. The lowest BCUT2D eigenvalue weighted by molar-refractivity contribution is -0.143. The summed E-state index contributed by atoms with van der Waals surface area (Å²) in [6.07, 6.45) is -1.88. The van der Waals surface area contributed by atoms with Crippen LogP contribution < -0.4 is 5.73 Å². The molecule has 4 rings (SSSR count). The third kappa shape index (κ3) is 4.13. The number of aromatic nitrogens is 3. The van der Waals surface area contributed by atoms with Gasteiger partial charge in [-0.05, 0) is 37.5 Å². The average molecular weight is 483 g/mol. The maximum atomic E-state index is 13.3. The Morgan fingerprint density at radius 3 is 2.70 bits per heavy atom. The molecule has 1 aliphatic heterocycles. The molecule has 0 bridgehead atoms. The summed E-state index contributed by atoms with van der Waals surface area (Å²) in [7, 11) is -4.03. The van der Waals surface area contributed by atoms with Crippen LogP contribution in [0.4, 0.5) is 19.0 Å². The predicted octanol–water partition coefficient (Wildman–Crippen LogP) is 2.79. The monoisotopic (exact) mass is 483 g/mol. The smallest absolute Gasteiger partial charge is 0.434 e. The lowest BCUT2D eigenvalue weighted by atomic mass is 10.0. The van der Waals surface area contributed by atoms with E-state index in [4.69, 9.17) is 5.73 Å². The number of hydrogen-bond acceptors (Lipinski definition) is 6. The number of imidazole rings is 1. The van der Waals surface area contributed by atoms with Crippen LogP contribution in [-0.4, -0.2) is 51.3 Å². The second-order valence-corrected chi connectivity index (χ2v) is 9.80. The molecule has 1 saturated heterocycles. The van der Waals surface area contributed by atoms with E-state index >= 15 is 0 Å². The fourth-order valence-electron chi connectivity index (χ4n) is 3.90. The average Bonchev–Trinajstić information content (AvgIpc) is 3.18. The summed E-state index contributed by atoms with van der Waals surface area (Å²) in [5.41, 5.74) is 5.62. The fourth-order valence-corrected chi connectivity index (χ4v) is 5.45. The molecule has 1 atom stereocenters. The van der Waals surface area contributed by atoms with Gasteiger partial charge in [0.2, 0.25) is 10.0 Å². The normalized spacial score (nSPS) is 18.0. The highest BCUT2D eigenvalue weighted by Gasteiger charge is 2.35. The maximum absolute atomic E-state index is 13.3. The molecule has 1 aliphatic rings. The number of halogens is 3. The first-order valence-corrected chi connectivity index (χ1v) is 11.4. The molecular formula is C20H20F3N5O4S. The largest absolute Gasteiger partial charge is 0.481 e. The van der Waals surface area contributed by atoms with Gasteiger partial charge in [0.15, 0.2) is 17.2 Å². The second-order valence-electron chi connectivity index (χ2n) is 7.86. The molecule has 33 heavy (non-hydrogen) atoms. The van der Waals surface area contributed by atoms with Crippen LogP contribution in [0.25, 0.3) is 16.9 Å². The van der Waals surface area contributed by atoms with Gasteiger partial charge in [-0.2, -0.15) is 17.5 Å². The van der Waals surface area contributed by atoms with Gasteiger partial charge >= 0.3 is 12.1 Å². The zero-order chi connectivity index (χ0) is 24.1. The molecule has 3 aromatic rings. The summed E-state index contributed by atoms with van der Waals surface area (Å²) in [6, 6.07) is 4.27. The molecule has 1 aromatic carbocycles. The second kappa shape index (κ2) is 7.99. The summed E-state index contributed by atoms with van der Waals surface area (Å²) in [6.45, 7) is 1.72. The molecule has 0 saturated carbocycles. The first-order chi connectivity index (χ1) is 15.4. The number of sulfonamides is 1. The number of nitrogen functional groups attached to an aromatic ring is 1. The quantitative estimate of drug-likeness (QED) is 0.583. The molecule has 2 aromatic heterocycles. The Balaban J connectivity index is 1.81. The summed E-state index contributed by atoms with van der Waals surface area (Å²) in [5, 5.41) is 9.27. The molecule has 13 heteroatoms. The maximum Gasteiger partial charge on any atom is 0.434 e. The van der Waals surface area contributed by atoms with E-state index in [-0.39, 0.29) is 29.3 Å². The number of nitrogens with zero attached hydrogens (tertiary/aromatic N) is 4. The molecule has 3 heterocycles. The van der Waals surface area contributed by atoms with Gasteiger partial charge in [-0.3, -0.25) is 9.20 Å². The van der Waals surface area contributed by atoms with Crippen molar-refractivity contribution in [3.63, 3.8) is 0 Å². The third-order valence-electron chi connectivity index (χ3n) is 5.66. The molecule has 0 radical (unpaired) electrons. The number of alkyl halides is 3. The van der Waals surface area contributed by atoms with Crippen LogP contribution in [-0.2, 0) is 21.0 Å². The van der Waals surface area contributed by atoms with Crippen LogP contribution in [0.2, 0.25) is 0 Å². The number of anilines is 1. The topological polar surface area (TPSA) is 131 Å². The number of benzene rings is 1. The van der Waals surface area contributed by atoms with Crippen LogP contribution in [0, 0.1) is 12.8 Å². The number of piperidine rings is 1. The van der Waals surface area contributed by atoms with Crippen molar-refractivity contribution in [2.75, 3.05) is 18.8 Å². The first-order valence-electron chi connectivity index (χ1n) is 9.94. The van der Waals surface area contributed by atoms with E-state index in [2.05, 4.69) is 9.97 Å². The highest BCUT2D eigenvalue weighted by atomic mass is 32.2. The lowest BCUT2D eigenvalue weighted by Gasteiger charge is -2.30. The van der Waals surface area contributed by atoms with Crippen molar-refractivity contribution in [1.82, 2.24) is 18.7 Å². The number of fused-ring (bicyclic) bond motifs is 1. The van der Waals surface area contributed by atoms with Crippen LogP contribution in [0.5, 0.6) is 0 Å². The summed E-state index contributed by atoms with van der Waals surface area (Å²) >= 11 is 0. The fraction of sp³-hybridized carbons (Fsp3) is 0.350. The highest BCUT2D eigenvalue weighted by molar-refractivity contribution is 7.89. The van der Waals surface area contributed by atoms with Crippen molar-refractivity contribution in [2.45, 2.75) is 30.8 Å².